The highest BCUT2D eigenvalue weighted by molar-refractivity contribution is 5.95. The molecule has 142 valence electrons. The van der Waals surface area contributed by atoms with E-state index in [1.165, 1.54) is 5.56 Å². The number of nitrogens with one attached hydrogen (secondary N) is 2. The standard InChI is InChI=1S/C21H27N5O/c27-21(19-4-3-11-22-19)24-18-8-6-17(7-9-18)16-25-12-14-26(15-13-25)20-5-1-2-10-23-20/h1-2,5-10,19,22H,3-4,11-16H2,(H,24,27). The average molecular weight is 365 g/mol. The van der Waals surface area contributed by atoms with E-state index in [0.717, 1.165) is 63.6 Å². The Bertz CT molecular complexity index is 735. The fourth-order valence-electron chi connectivity index (χ4n) is 3.77. The van der Waals surface area contributed by atoms with Crippen LogP contribution < -0.4 is 15.5 Å². The number of piperazine rings is 1. The van der Waals surface area contributed by atoms with E-state index < -0.39 is 0 Å². The predicted octanol–water partition coefficient (Wildman–Crippen LogP) is 2.09. The number of nitrogens with zero attached hydrogens (tertiary/aromatic N) is 3. The van der Waals surface area contributed by atoms with Crippen molar-refractivity contribution in [2.24, 2.45) is 0 Å². The maximum Gasteiger partial charge on any atom is 0.241 e. The number of amides is 1. The van der Waals surface area contributed by atoms with Crippen LogP contribution in [0.25, 0.3) is 0 Å². The van der Waals surface area contributed by atoms with Gasteiger partial charge >= 0.3 is 0 Å². The van der Waals surface area contributed by atoms with Gasteiger partial charge in [-0.15, -0.1) is 0 Å². The van der Waals surface area contributed by atoms with E-state index in [0.29, 0.717) is 0 Å². The molecule has 2 aliphatic rings. The molecule has 3 heterocycles. The number of anilines is 2. The Morgan fingerprint density at radius 2 is 1.93 bits per heavy atom. The van der Waals surface area contributed by atoms with Crippen LogP contribution in [-0.2, 0) is 11.3 Å². The van der Waals surface area contributed by atoms with Gasteiger partial charge in [0.05, 0.1) is 6.04 Å². The molecular formula is C21H27N5O. The quantitative estimate of drug-likeness (QED) is 0.850. The number of carbonyl (C=O) groups excluding carboxylic acids is 1. The summed E-state index contributed by atoms with van der Waals surface area (Å²) >= 11 is 0. The fourth-order valence-corrected chi connectivity index (χ4v) is 3.77. The second kappa shape index (κ2) is 8.50. The van der Waals surface area contributed by atoms with E-state index in [4.69, 9.17) is 0 Å². The molecule has 0 aliphatic carbocycles. The molecule has 6 heteroatoms. The molecule has 6 nitrogen and oxygen atoms in total. The van der Waals surface area contributed by atoms with E-state index in [9.17, 15) is 4.79 Å². The molecule has 1 aromatic heterocycles. The third kappa shape index (κ3) is 4.64. The summed E-state index contributed by atoms with van der Waals surface area (Å²) in [6, 6.07) is 14.3. The van der Waals surface area contributed by atoms with Gasteiger partial charge in [0.1, 0.15) is 5.82 Å². The average Bonchev–Trinajstić information content (AvgIpc) is 3.26. The van der Waals surface area contributed by atoms with Crippen molar-refractivity contribution in [1.82, 2.24) is 15.2 Å². The zero-order valence-electron chi connectivity index (χ0n) is 15.6. The zero-order valence-corrected chi connectivity index (χ0v) is 15.6. The highest BCUT2D eigenvalue weighted by Gasteiger charge is 2.22. The summed E-state index contributed by atoms with van der Waals surface area (Å²) in [4.78, 5) is 21.4. The van der Waals surface area contributed by atoms with Gasteiger partial charge in [-0.2, -0.15) is 0 Å². The number of aromatic nitrogens is 1. The lowest BCUT2D eigenvalue weighted by Gasteiger charge is -2.35. The highest BCUT2D eigenvalue weighted by Crippen LogP contribution is 2.16. The van der Waals surface area contributed by atoms with Gasteiger partial charge < -0.3 is 15.5 Å². The number of hydrogen-bond donors (Lipinski definition) is 2. The molecule has 0 radical (unpaired) electrons. The first kappa shape index (κ1) is 17.9. The molecule has 0 saturated carbocycles. The molecule has 4 rings (SSSR count). The first-order chi connectivity index (χ1) is 13.3. The maximum absolute atomic E-state index is 12.2. The van der Waals surface area contributed by atoms with Gasteiger partial charge in [0.15, 0.2) is 0 Å². The van der Waals surface area contributed by atoms with Crippen LogP contribution in [0.1, 0.15) is 18.4 Å². The van der Waals surface area contributed by atoms with Crippen LogP contribution in [0.4, 0.5) is 11.5 Å². The van der Waals surface area contributed by atoms with Crippen molar-refractivity contribution in [3.8, 4) is 0 Å². The second-order valence-electron chi connectivity index (χ2n) is 7.29. The van der Waals surface area contributed by atoms with Crippen LogP contribution in [-0.4, -0.2) is 54.6 Å². The number of benzene rings is 1. The third-order valence-corrected chi connectivity index (χ3v) is 5.35. The summed E-state index contributed by atoms with van der Waals surface area (Å²) in [6.45, 7) is 5.93. The summed E-state index contributed by atoms with van der Waals surface area (Å²) in [5.74, 6) is 1.14. The second-order valence-corrected chi connectivity index (χ2v) is 7.29. The largest absolute Gasteiger partial charge is 0.354 e. The Labute approximate surface area is 160 Å². The Morgan fingerprint density at radius 3 is 2.59 bits per heavy atom. The molecule has 2 fully saturated rings. The molecule has 1 aromatic carbocycles. The van der Waals surface area contributed by atoms with E-state index in [-0.39, 0.29) is 11.9 Å². The first-order valence-corrected chi connectivity index (χ1v) is 9.79. The number of pyridine rings is 1. The summed E-state index contributed by atoms with van der Waals surface area (Å²) in [5, 5.41) is 6.24. The summed E-state index contributed by atoms with van der Waals surface area (Å²) in [5.41, 5.74) is 2.15. The van der Waals surface area contributed by atoms with Crippen LogP contribution in [0.15, 0.2) is 48.7 Å². The zero-order chi connectivity index (χ0) is 18.5. The molecule has 1 atom stereocenters. The van der Waals surface area contributed by atoms with E-state index in [2.05, 4.69) is 43.6 Å². The minimum absolute atomic E-state index is 0.0416. The Kier molecular flexibility index (Phi) is 5.65. The van der Waals surface area contributed by atoms with Crippen molar-refractivity contribution in [3.05, 3.63) is 54.2 Å². The lowest BCUT2D eigenvalue weighted by atomic mass is 10.1. The van der Waals surface area contributed by atoms with E-state index in [1.807, 2.05) is 30.5 Å². The van der Waals surface area contributed by atoms with Crippen LogP contribution in [0, 0.1) is 0 Å². The number of hydrogen-bond acceptors (Lipinski definition) is 5. The lowest BCUT2D eigenvalue weighted by Crippen LogP contribution is -2.46. The van der Waals surface area contributed by atoms with Gasteiger partial charge in [0.25, 0.3) is 0 Å². The van der Waals surface area contributed by atoms with E-state index in [1.54, 1.807) is 0 Å². The highest BCUT2D eigenvalue weighted by atomic mass is 16.2. The molecule has 2 aliphatic heterocycles. The van der Waals surface area contributed by atoms with Crippen LogP contribution >= 0.6 is 0 Å². The molecular weight excluding hydrogens is 338 g/mol. The number of carbonyl (C=O) groups is 1. The Balaban J connectivity index is 1.26. The monoisotopic (exact) mass is 365 g/mol. The molecule has 1 amide bonds. The van der Waals surface area contributed by atoms with Crippen molar-refractivity contribution in [1.29, 1.82) is 0 Å². The molecule has 0 bridgehead atoms. The summed E-state index contributed by atoms with van der Waals surface area (Å²) in [6.07, 6.45) is 3.85. The van der Waals surface area contributed by atoms with Gasteiger partial charge in [-0.3, -0.25) is 9.69 Å². The van der Waals surface area contributed by atoms with Crippen LogP contribution in [0.3, 0.4) is 0 Å². The molecule has 0 spiro atoms. The van der Waals surface area contributed by atoms with Crippen molar-refractivity contribution in [2.45, 2.75) is 25.4 Å². The predicted molar refractivity (Wildman–Crippen MR) is 108 cm³/mol. The third-order valence-electron chi connectivity index (χ3n) is 5.35. The molecule has 2 N–H and O–H groups in total. The van der Waals surface area contributed by atoms with Crippen molar-refractivity contribution < 1.29 is 4.79 Å². The topological polar surface area (TPSA) is 60.5 Å². The van der Waals surface area contributed by atoms with Crippen molar-refractivity contribution in [3.63, 3.8) is 0 Å². The first-order valence-electron chi connectivity index (χ1n) is 9.79. The van der Waals surface area contributed by atoms with Gasteiger partial charge in [-0.1, -0.05) is 18.2 Å². The number of rotatable bonds is 5. The summed E-state index contributed by atoms with van der Waals surface area (Å²) < 4.78 is 0. The molecule has 1 unspecified atom stereocenters. The van der Waals surface area contributed by atoms with Crippen molar-refractivity contribution in [2.75, 3.05) is 42.9 Å². The normalized spacial score (nSPS) is 20.6. The van der Waals surface area contributed by atoms with Crippen molar-refractivity contribution >= 4 is 17.4 Å². The van der Waals surface area contributed by atoms with Crippen LogP contribution in [0.5, 0.6) is 0 Å². The molecule has 2 saturated heterocycles. The SMILES string of the molecule is O=C(Nc1ccc(CN2CCN(c3ccccn3)CC2)cc1)C1CCCN1. The minimum Gasteiger partial charge on any atom is -0.354 e. The fraction of sp³-hybridized carbons (Fsp3) is 0.429. The van der Waals surface area contributed by atoms with Gasteiger partial charge in [-0.05, 0) is 49.2 Å². The smallest absolute Gasteiger partial charge is 0.241 e. The molecule has 27 heavy (non-hydrogen) atoms. The lowest BCUT2D eigenvalue weighted by molar-refractivity contribution is -0.117. The maximum atomic E-state index is 12.2. The molecule has 2 aromatic rings. The van der Waals surface area contributed by atoms with Gasteiger partial charge in [0, 0.05) is 44.6 Å². The van der Waals surface area contributed by atoms with Gasteiger partial charge in [-0.25, -0.2) is 4.98 Å². The summed E-state index contributed by atoms with van der Waals surface area (Å²) in [7, 11) is 0. The van der Waals surface area contributed by atoms with E-state index >= 15 is 0 Å². The minimum atomic E-state index is -0.0416. The Hall–Kier alpha value is -2.44. The van der Waals surface area contributed by atoms with Crippen LogP contribution in [0.2, 0.25) is 0 Å². The van der Waals surface area contributed by atoms with Gasteiger partial charge in [0.2, 0.25) is 5.91 Å². The Morgan fingerprint density at radius 1 is 1.11 bits per heavy atom.